The third kappa shape index (κ3) is 3.27. The molecule has 1 aliphatic heterocycles. The average molecular weight is 313 g/mol. The highest BCUT2D eigenvalue weighted by Gasteiger charge is 2.39. The minimum Gasteiger partial charge on any atom is -0.310 e. The van der Waals surface area contributed by atoms with Crippen LogP contribution in [0.2, 0.25) is 5.02 Å². The maximum Gasteiger partial charge on any atom is 0.0835 e. The molecule has 4 nitrogen and oxygen atoms in total. The fraction of sp³-hybridized carbons (Fsp3) is 0.812. The summed E-state index contributed by atoms with van der Waals surface area (Å²) in [6, 6.07) is 0.466. The highest BCUT2D eigenvalue weighted by molar-refractivity contribution is 6.31. The smallest absolute Gasteiger partial charge is 0.0835 e. The van der Waals surface area contributed by atoms with Crippen molar-refractivity contribution in [2.75, 3.05) is 20.1 Å². The van der Waals surface area contributed by atoms with Crippen LogP contribution in [0.25, 0.3) is 0 Å². The summed E-state index contributed by atoms with van der Waals surface area (Å²) in [6.45, 7) is 11.2. The van der Waals surface area contributed by atoms with Gasteiger partial charge in [-0.05, 0) is 60.7 Å². The summed E-state index contributed by atoms with van der Waals surface area (Å²) in [5.74, 6) is 0. The number of hydrogen-bond acceptors (Lipinski definition) is 3. The van der Waals surface area contributed by atoms with Gasteiger partial charge in [0.1, 0.15) is 0 Å². The fourth-order valence-electron chi connectivity index (χ4n) is 3.51. The van der Waals surface area contributed by atoms with E-state index in [1.807, 2.05) is 7.05 Å². The molecule has 1 saturated heterocycles. The van der Waals surface area contributed by atoms with Crippen LogP contribution in [0.5, 0.6) is 0 Å². The van der Waals surface area contributed by atoms with Gasteiger partial charge in [-0.25, -0.2) is 0 Å². The molecule has 0 aromatic carbocycles. The highest BCUT2D eigenvalue weighted by atomic mass is 35.5. The number of piperidine rings is 1. The van der Waals surface area contributed by atoms with Crippen molar-refractivity contribution in [2.45, 2.75) is 64.6 Å². The molecule has 0 aliphatic carbocycles. The zero-order chi connectivity index (χ0) is 15.6. The predicted molar refractivity (Wildman–Crippen MR) is 88.9 cm³/mol. The number of rotatable bonds is 5. The van der Waals surface area contributed by atoms with Crippen molar-refractivity contribution in [1.82, 2.24) is 20.0 Å². The number of nitrogens with one attached hydrogen (secondary N) is 1. The lowest BCUT2D eigenvalue weighted by molar-refractivity contribution is 0.0601. The van der Waals surface area contributed by atoms with Crippen LogP contribution in [0.1, 0.15) is 64.7 Å². The van der Waals surface area contributed by atoms with E-state index in [1.165, 1.54) is 32.4 Å². The first-order valence-electron chi connectivity index (χ1n) is 8.04. The number of likely N-dealkylation sites (N-methyl/N-ethyl adjacent to an activating group) is 1. The molecule has 1 fully saturated rings. The molecule has 0 radical (unpaired) electrons. The van der Waals surface area contributed by atoms with Crippen molar-refractivity contribution in [3.63, 3.8) is 0 Å². The number of halogens is 1. The van der Waals surface area contributed by atoms with Crippen molar-refractivity contribution in [1.29, 1.82) is 0 Å². The maximum absolute atomic E-state index is 6.47. The Balaban J connectivity index is 2.36. The van der Waals surface area contributed by atoms with Gasteiger partial charge in [0.2, 0.25) is 0 Å². The first-order chi connectivity index (χ1) is 9.89. The van der Waals surface area contributed by atoms with E-state index in [2.05, 4.69) is 47.7 Å². The normalized spacial score (nSPS) is 19.2. The first kappa shape index (κ1) is 16.8. The van der Waals surface area contributed by atoms with E-state index in [0.29, 0.717) is 6.04 Å². The van der Waals surface area contributed by atoms with E-state index in [-0.39, 0.29) is 11.6 Å². The molecule has 0 saturated carbocycles. The van der Waals surface area contributed by atoms with Crippen molar-refractivity contribution in [2.24, 2.45) is 0 Å². The molecule has 1 aromatic heterocycles. The SMILES string of the molecule is CNC(c1c(Cl)cnn1C(C)C)C(C)(C)N1CCCCC1. The van der Waals surface area contributed by atoms with Crippen molar-refractivity contribution in [3.8, 4) is 0 Å². The van der Waals surface area contributed by atoms with Gasteiger partial charge in [-0.2, -0.15) is 5.10 Å². The number of nitrogens with zero attached hydrogens (tertiary/aromatic N) is 3. The van der Waals surface area contributed by atoms with E-state index >= 15 is 0 Å². The lowest BCUT2D eigenvalue weighted by atomic mass is 9.88. The van der Waals surface area contributed by atoms with Crippen molar-refractivity contribution < 1.29 is 0 Å². The van der Waals surface area contributed by atoms with Gasteiger partial charge in [0.25, 0.3) is 0 Å². The van der Waals surface area contributed by atoms with Gasteiger partial charge in [-0.15, -0.1) is 0 Å². The summed E-state index contributed by atoms with van der Waals surface area (Å²) >= 11 is 6.47. The van der Waals surface area contributed by atoms with Crippen molar-refractivity contribution >= 4 is 11.6 Å². The third-order valence-corrected chi connectivity index (χ3v) is 5.01. The van der Waals surface area contributed by atoms with Gasteiger partial charge in [0.15, 0.2) is 0 Å². The largest absolute Gasteiger partial charge is 0.310 e. The Morgan fingerprint density at radius 2 is 1.86 bits per heavy atom. The lowest BCUT2D eigenvalue weighted by Crippen LogP contribution is -2.54. The second-order valence-corrected chi connectivity index (χ2v) is 7.25. The van der Waals surface area contributed by atoms with Crippen LogP contribution in [0.4, 0.5) is 0 Å². The topological polar surface area (TPSA) is 33.1 Å². The number of aromatic nitrogens is 2. The molecule has 2 heterocycles. The zero-order valence-corrected chi connectivity index (χ0v) is 14.7. The second-order valence-electron chi connectivity index (χ2n) is 6.84. The molecular formula is C16H29ClN4. The summed E-state index contributed by atoms with van der Waals surface area (Å²) < 4.78 is 2.05. The van der Waals surface area contributed by atoms with Gasteiger partial charge >= 0.3 is 0 Å². The van der Waals surface area contributed by atoms with Gasteiger partial charge < -0.3 is 5.32 Å². The molecule has 1 aromatic rings. The van der Waals surface area contributed by atoms with E-state index in [9.17, 15) is 0 Å². The van der Waals surface area contributed by atoms with Crippen molar-refractivity contribution in [3.05, 3.63) is 16.9 Å². The van der Waals surface area contributed by atoms with Crippen LogP contribution in [-0.2, 0) is 0 Å². The van der Waals surface area contributed by atoms with E-state index < -0.39 is 0 Å². The molecule has 0 amide bonds. The Hall–Kier alpha value is -0.580. The number of likely N-dealkylation sites (tertiary alicyclic amines) is 1. The van der Waals surface area contributed by atoms with Gasteiger partial charge in [-0.3, -0.25) is 9.58 Å². The molecule has 2 rings (SSSR count). The average Bonchev–Trinajstić information content (AvgIpc) is 2.83. The Kier molecular flexibility index (Phi) is 5.33. The van der Waals surface area contributed by atoms with Crippen LogP contribution in [0.15, 0.2) is 6.20 Å². The lowest BCUT2D eigenvalue weighted by Gasteiger charge is -2.46. The minimum absolute atomic E-state index is 0.00544. The standard InChI is InChI=1S/C16H29ClN4/c1-12(2)21-14(13(17)11-19-21)15(18-5)16(3,4)20-9-7-6-8-10-20/h11-12,15,18H,6-10H2,1-5H3. The molecule has 1 N–H and O–H groups in total. The van der Waals surface area contributed by atoms with Crippen LogP contribution >= 0.6 is 11.6 Å². The molecule has 1 unspecified atom stereocenters. The first-order valence-corrected chi connectivity index (χ1v) is 8.42. The third-order valence-electron chi connectivity index (χ3n) is 4.72. The highest BCUT2D eigenvalue weighted by Crippen LogP contribution is 2.36. The van der Waals surface area contributed by atoms with Gasteiger partial charge in [0.05, 0.1) is 23.0 Å². The predicted octanol–water partition coefficient (Wildman–Crippen LogP) is 3.64. The Labute approximate surface area is 133 Å². The van der Waals surface area contributed by atoms with Crippen LogP contribution in [0, 0.1) is 0 Å². The zero-order valence-electron chi connectivity index (χ0n) is 14.0. The minimum atomic E-state index is 0.00544. The molecule has 0 bridgehead atoms. The Bertz CT molecular complexity index is 461. The summed E-state index contributed by atoms with van der Waals surface area (Å²) in [7, 11) is 2.02. The molecule has 0 spiro atoms. The summed E-state index contributed by atoms with van der Waals surface area (Å²) in [5, 5.41) is 8.72. The fourth-order valence-corrected chi connectivity index (χ4v) is 3.75. The van der Waals surface area contributed by atoms with E-state index in [1.54, 1.807) is 6.20 Å². The van der Waals surface area contributed by atoms with Crippen LogP contribution in [0.3, 0.4) is 0 Å². The van der Waals surface area contributed by atoms with Gasteiger partial charge in [-0.1, -0.05) is 18.0 Å². The molecule has 21 heavy (non-hydrogen) atoms. The van der Waals surface area contributed by atoms with Crippen LogP contribution < -0.4 is 5.32 Å². The molecule has 1 aliphatic rings. The Morgan fingerprint density at radius 3 is 2.38 bits per heavy atom. The monoisotopic (exact) mass is 312 g/mol. The van der Waals surface area contributed by atoms with Crippen LogP contribution in [-0.4, -0.2) is 40.4 Å². The molecule has 1 atom stereocenters. The summed E-state index contributed by atoms with van der Waals surface area (Å²) in [4.78, 5) is 2.59. The van der Waals surface area contributed by atoms with Gasteiger partial charge in [0, 0.05) is 11.6 Å². The second kappa shape index (κ2) is 6.67. The quantitative estimate of drug-likeness (QED) is 0.901. The Morgan fingerprint density at radius 1 is 1.24 bits per heavy atom. The molecule has 120 valence electrons. The van der Waals surface area contributed by atoms with E-state index in [0.717, 1.165) is 10.7 Å². The molecular weight excluding hydrogens is 284 g/mol. The summed E-state index contributed by atoms with van der Waals surface area (Å²) in [5.41, 5.74) is 1.11. The maximum atomic E-state index is 6.47. The molecule has 5 heteroatoms. The summed E-state index contributed by atoms with van der Waals surface area (Å²) in [6.07, 6.45) is 5.70. The van der Waals surface area contributed by atoms with E-state index in [4.69, 9.17) is 11.6 Å². The number of hydrogen-bond donors (Lipinski definition) is 1.